The van der Waals surface area contributed by atoms with E-state index in [0.29, 0.717) is 23.8 Å². The number of allylic oxidation sites excluding steroid dienone is 1. The molecule has 0 radical (unpaired) electrons. The standard InChI is InChI=1S/C19H19F3N4O3/c1-11-15(17(27)29-9-14-3-2-8-28-14)16(26-18(25-11)23-10-24-26)12-4-6-13(7-5-12)19(20,21)22/h4-7,10,14,16H,2-3,8-9H2,1H3,(H,23,24,25)/t14-,16+/m0/s1. The molecule has 1 N–H and O–H groups in total. The third-order valence-corrected chi connectivity index (χ3v) is 4.99. The Bertz CT molecular complexity index is 931. The van der Waals surface area contributed by atoms with E-state index in [1.807, 2.05) is 0 Å². The van der Waals surface area contributed by atoms with E-state index in [2.05, 4.69) is 15.4 Å². The van der Waals surface area contributed by atoms with Crippen LogP contribution in [0.3, 0.4) is 0 Å². The molecular formula is C19H19F3N4O3. The van der Waals surface area contributed by atoms with Crippen LogP contribution in [0.1, 0.15) is 36.9 Å². The van der Waals surface area contributed by atoms with E-state index in [4.69, 9.17) is 9.47 Å². The number of carbonyl (C=O) groups is 1. The number of hydrogen-bond donors (Lipinski definition) is 1. The first-order valence-electron chi connectivity index (χ1n) is 9.18. The van der Waals surface area contributed by atoms with Crippen molar-refractivity contribution in [2.75, 3.05) is 18.5 Å². The third kappa shape index (κ3) is 3.84. The molecule has 29 heavy (non-hydrogen) atoms. The van der Waals surface area contributed by atoms with Gasteiger partial charge >= 0.3 is 12.1 Å². The molecule has 0 spiro atoms. The number of anilines is 1. The van der Waals surface area contributed by atoms with E-state index in [9.17, 15) is 18.0 Å². The van der Waals surface area contributed by atoms with Crippen molar-refractivity contribution in [2.45, 2.75) is 38.1 Å². The van der Waals surface area contributed by atoms with Crippen LogP contribution in [0.4, 0.5) is 19.1 Å². The molecule has 0 bridgehead atoms. The Labute approximate surface area is 164 Å². The summed E-state index contributed by atoms with van der Waals surface area (Å²) in [6.45, 7) is 2.46. The van der Waals surface area contributed by atoms with Gasteiger partial charge in [0, 0.05) is 12.3 Å². The zero-order chi connectivity index (χ0) is 20.6. The Morgan fingerprint density at radius 1 is 1.34 bits per heavy atom. The van der Waals surface area contributed by atoms with Gasteiger partial charge in [0.25, 0.3) is 0 Å². The second kappa shape index (κ2) is 7.51. The number of carbonyl (C=O) groups excluding carboxylic acids is 1. The van der Waals surface area contributed by atoms with E-state index in [0.717, 1.165) is 25.0 Å². The average Bonchev–Trinajstić information content (AvgIpc) is 3.36. The number of aromatic nitrogens is 3. The highest BCUT2D eigenvalue weighted by Gasteiger charge is 2.36. The van der Waals surface area contributed by atoms with Crippen molar-refractivity contribution < 1.29 is 27.4 Å². The molecule has 154 valence electrons. The first kappa shape index (κ1) is 19.4. The number of alkyl halides is 3. The molecule has 0 amide bonds. The maximum absolute atomic E-state index is 12.9. The Kier molecular flexibility index (Phi) is 5.03. The van der Waals surface area contributed by atoms with Crippen LogP contribution in [0, 0.1) is 0 Å². The molecule has 1 saturated heterocycles. The van der Waals surface area contributed by atoms with Crippen molar-refractivity contribution in [2.24, 2.45) is 0 Å². The van der Waals surface area contributed by atoms with Crippen LogP contribution in [0.2, 0.25) is 0 Å². The van der Waals surface area contributed by atoms with Crippen molar-refractivity contribution in [3.63, 3.8) is 0 Å². The van der Waals surface area contributed by atoms with Crippen LogP contribution < -0.4 is 5.32 Å². The topological polar surface area (TPSA) is 78.3 Å². The van der Waals surface area contributed by atoms with Crippen LogP contribution in [-0.4, -0.2) is 40.1 Å². The fraction of sp³-hybridized carbons (Fsp3) is 0.421. The fourth-order valence-electron chi connectivity index (χ4n) is 3.54. The van der Waals surface area contributed by atoms with Crippen LogP contribution in [-0.2, 0) is 20.4 Å². The zero-order valence-corrected chi connectivity index (χ0v) is 15.6. The number of benzene rings is 1. The number of hydrogen-bond acceptors (Lipinski definition) is 6. The van der Waals surface area contributed by atoms with Gasteiger partial charge in [-0.05, 0) is 37.5 Å². The highest BCUT2D eigenvalue weighted by atomic mass is 19.4. The molecule has 2 aliphatic heterocycles. The van der Waals surface area contributed by atoms with Gasteiger partial charge in [-0.3, -0.25) is 0 Å². The number of nitrogens with zero attached hydrogens (tertiary/aromatic N) is 3. The van der Waals surface area contributed by atoms with Gasteiger partial charge < -0.3 is 14.8 Å². The average molecular weight is 408 g/mol. The highest BCUT2D eigenvalue weighted by Crippen LogP contribution is 2.37. The molecule has 10 heteroatoms. The minimum absolute atomic E-state index is 0.125. The number of fused-ring (bicyclic) bond motifs is 1. The van der Waals surface area contributed by atoms with Crippen LogP contribution in [0.25, 0.3) is 0 Å². The summed E-state index contributed by atoms with van der Waals surface area (Å²) in [5, 5.41) is 7.14. The molecule has 0 saturated carbocycles. The summed E-state index contributed by atoms with van der Waals surface area (Å²) >= 11 is 0. The first-order valence-corrected chi connectivity index (χ1v) is 9.18. The lowest BCUT2D eigenvalue weighted by Crippen LogP contribution is -2.31. The van der Waals surface area contributed by atoms with Gasteiger partial charge in [-0.2, -0.15) is 23.3 Å². The van der Waals surface area contributed by atoms with Gasteiger partial charge in [0.2, 0.25) is 5.95 Å². The normalized spacial score (nSPS) is 21.7. The van der Waals surface area contributed by atoms with Crippen molar-refractivity contribution in [1.82, 2.24) is 14.8 Å². The SMILES string of the molecule is CC1=C(C(=O)OC[C@@H]2CCCO2)[C@@H](c2ccc(C(F)(F)F)cc2)n2ncnc2N1. The predicted molar refractivity (Wildman–Crippen MR) is 95.9 cm³/mol. The van der Waals surface area contributed by atoms with Crippen LogP contribution >= 0.6 is 0 Å². The van der Waals surface area contributed by atoms with E-state index in [1.54, 1.807) is 6.92 Å². The number of nitrogens with one attached hydrogen (secondary N) is 1. The molecule has 4 rings (SSSR count). The minimum atomic E-state index is -4.44. The zero-order valence-electron chi connectivity index (χ0n) is 15.6. The molecule has 2 aliphatic rings. The summed E-state index contributed by atoms with van der Waals surface area (Å²) in [6.07, 6.45) is -1.53. The lowest BCUT2D eigenvalue weighted by molar-refractivity contribution is -0.143. The van der Waals surface area contributed by atoms with Crippen molar-refractivity contribution in [1.29, 1.82) is 0 Å². The van der Waals surface area contributed by atoms with Gasteiger partial charge in [-0.1, -0.05) is 12.1 Å². The Balaban J connectivity index is 1.65. The molecule has 1 aromatic carbocycles. The van der Waals surface area contributed by atoms with Gasteiger partial charge in [0.05, 0.1) is 17.2 Å². The van der Waals surface area contributed by atoms with Crippen LogP contribution in [0.5, 0.6) is 0 Å². The van der Waals surface area contributed by atoms with Crippen molar-refractivity contribution in [3.05, 3.63) is 53.0 Å². The smallest absolute Gasteiger partial charge is 0.416 e. The highest BCUT2D eigenvalue weighted by molar-refractivity contribution is 5.92. The van der Waals surface area contributed by atoms with E-state index >= 15 is 0 Å². The summed E-state index contributed by atoms with van der Waals surface area (Å²) in [5.41, 5.74) is 0.473. The second-order valence-corrected chi connectivity index (χ2v) is 6.95. The van der Waals surface area contributed by atoms with Gasteiger partial charge in [0.1, 0.15) is 19.0 Å². The summed E-state index contributed by atoms with van der Waals surface area (Å²) in [7, 11) is 0. The van der Waals surface area contributed by atoms with E-state index < -0.39 is 23.8 Å². The maximum Gasteiger partial charge on any atom is 0.416 e. The first-order chi connectivity index (χ1) is 13.8. The quantitative estimate of drug-likeness (QED) is 0.783. The number of esters is 1. The molecule has 0 aliphatic carbocycles. The van der Waals surface area contributed by atoms with E-state index in [-0.39, 0.29) is 18.3 Å². The molecule has 3 heterocycles. The number of rotatable bonds is 4. The largest absolute Gasteiger partial charge is 0.459 e. The molecule has 2 atom stereocenters. The summed E-state index contributed by atoms with van der Waals surface area (Å²) in [5.74, 6) is -0.181. The summed E-state index contributed by atoms with van der Waals surface area (Å²) in [6, 6.07) is 3.89. The van der Waals surface area contributed by atoms with Crippen molar-refractivity contribution in [3.8, 4) is 0 Å². The monoisotopic (exact) mass is 408 g/mol. The summed E-state index contributed by atoms with van der Waals surface area (Å²) < 4.78 is 51.2. The molecule has 7 nitrogen and oxygen atoms in total. The Morgan fingerprint density at radius 2 is 2.10 bits per heavy atom. The predicted octanol–water partition coefficient (Wildman–Crippen LogP) is 3.31. The van der Waals surface area contributed by atoms with Crippen molar-refractivity contribution >= 4 is 11.9 Å². The number of halogens is 3. The second-order valence-electron chi connectivity index (χ2n) is 6.95. The maximum atomic E-state index is 12.9. The molecule has 0 unspecified atom stereocenters. The molecule has 2 aromatic rings. The van der Waals surface area contributed by atoms with Gasteiger partial charge in [-0.25, -0.2) is 9.48 Å². The van der Waals surface area contributed by atoms with Crippen LogP contribution in [0.15, 0.2) is 41.9 Å². The molecule has 1 fully saturated rings. The van der Waals surface area contributed by atoms with Gasteiger partial charge in [-0.15, -0.1) is 0 Å². The minimum Gasteiger partial charge on any atom is -0.459 e. The van der Waals surface area contributed by atoms with Gasteiger partial charge in [0.15, 0.2) is 0 Å². The Hall–Kier alpha value is -2.88. The number of ether oxygens (including phenoxy) is 2. The Morgan fingerprint density at radius 3 is 2.76 bits per heavy atom. The lowest BCUT2D eigenvalue weighted by atomic mass is 9.95. The lowest BCUT2D eigenvalue weighted by Gasteiger charge is -2.28. The molecule has 1 aromatic heterocycles. The fourth-order valence-corrected chi connectivity index (χ4v) is 3.54. The molecular weight excluding hydrogens is 389 g/mol. The third-order valence-electron chi connectivity index (χ3n) is 4.99. The summed E-state index contributed by atoms with van der Waals surface area (Å²) in [4.78, 5) is 17.0. The van der Waals surface area contributed by atoms with E-state index in [1.165, 1.54) is 23.1 Å².